The van der Waals surface area contributed by atoms with Crippen LogP contribution in [0.5, 0.6) is 0 Å². The number of nitriles is 1. The maximum absolute atomic E-state index is 12.6. The van der Waals surface area contributed by atoms with Crippen LogP contribution in [0.25, 0.3) is 11.1 Å². The van der Waals surface area contributed by atoms with E-state index in [0.29, 0.717) is 50.7 Å². The number of nitrogens with zero attached hydrogens (tertiary/aromatic N) is 6. The Hall–Kier alpha value is -3.70. The van der Waals surface area contributed by atoms with Crippen molar-refractivity contribution in [1.29, 1.82) is 5.26 Å². The molecule has 1 unspecified atom stereocenters. The molecule has 37 heavy (non-hydrogen) atoms. The van der Waals surface area contributed by atoms with Gasteiger partial charge in [0.1, 0.15) is 11.9 Å². The summed E-state index contributed by atoms with van der Waals surface area (Å²) in [5.41, 5.74) is 5.88. The van der Waals surface area contributed by atoms with Crippen molar-refractivity contribution in [1.82, 2.24) is 19.7 Å². The first-order valence-corrected chi connectivity index (χ1v) is 13.0. The monoisotopic (exact) mass is 498 g/mol. The molecular formula is C29H34N6O2. The smallest absolute Gasteiger partial charge is 0.225 e. The van der Waals surface area contributed by atoms with E-state index in [1.807, 2.05) is 40.9 Å². The van der Waals surface area contributed by atoms with Crippen LogP contribution in [0, 0.1) is 18.3 Å². The van der Waals surface area contributed by atoms with Gasteiger partial charge in [-0.05, 0) is 37.8 Å². The van der Waals surface area contributed by atoms with E-state index in [0.717, 1.165) is 41.0 Å². The first-order valence-electron chi connectivity index (χ1n) is 13.0. The van der Waals surface area contributed by atoms with E-state index < -0.39 is 0 Å². The highest BCUT2D eigenvalue weighted by Gasteiger charge is 2.34. The highest BCUT2D eigenvalue weighted by atomic mass is 16.5. The van der Waals surface area contributed by atoms with E-state index in [-0.39, 0.29) is 11.9 Å². The van der Waals surface area contributed by atoms with Crippen LogP contribution in [0.1, 0.15) is 54.5 Å². The van der Waals surface area contributed by atoms with Gasteiger partial charge in [0, 0.05) is 56.0 Å². The quantitative estimate of drug-likeness (QED) is 0.464. The van der Waals surface area contributed by atoms with Crippen molar-refractivity contribution in [3.63, 3.8) is 0 Å². The van der Waals surface area contributed by atoms with E-state index in [9.17, 15) is 10.1 Å². The number of anilines is 1. The van der Waals surface area contributed by atoms with Crippen LogP contribution in [0.15, 0.2) is 42.7 Å². The minimum atomic E-state index is 0.0343. The summed E-state index contributed by atoms with van der Waals surface area (Å²) in [4.78, 5) is 21.9. The Bertz CT molecular complexity index is 1310. The van der Waals surface area contributed by atoms with Crippen LogP contribution in [0.3, 0.4) is 0 Å². The number of methoxy groups -OCH3 is 1. The lowest BCUT2D eigenvalue weighted by Crippen LogP contribution is -2.54. The minimum absolute atomic E-state index is 0.0343. The molecule has 1 aromatic carbocycles. The van der Waals surface area contributed by atoms with Crippen molar-refractivity contribution in [2.75, 3.05) is 38.3 Å². The fourth-order valence-corrected chi connectivity index (χ4v) is 5.29. The number of pyridine rings is 1. The molecule has 5 rings (SSSR count). The van der Waals surface area contributed by atoms with Gasteiger partial charge in [-0.3, -0.25) is 9.48 Å². The van der Waals surface area contributed by atoms with Gasteiger partial charge in [0.2, 0.25) is 5.91 Å². The molecule has 0 bridgehead atoms. The van der Waals surface area contributed by atoms with Crippen molar-refractivity contribution in [3.8, 4) is 17.2 Å². The van der Waals surface area contributed by atoms with Gasteiger partial charge in [-0.15, -0.1) is 0 Å². The van der Waals surface area contributed by atoms with Gasteiger partial charge in [-0.2, -0.15) is 10.4 Å². The summed E-state index contributed by atoms with van der Waals surface area (Å²) in [6.45, 7) is 7.14. The molecule has 3 heterocycles. The van der Waals surface area contributed by atoms with Gasteiger partial charge in [0.25, 0.3) is 0 Å². The molecule has 1 amide bonds. The topological polar surface area (TPSA) is 87.3 Å². The zero-order chi connectivity index (χ0) is 25.9. The Morgan fingerprint density at radius 1 is 1.22 bits per heavy atom. The molecule has 0 radical (unpaired) electrons. The molecule has 1 saturated carbocycles. The molecule has 8 heteroatoms. The van der Waals surface area contributed by atoms with Crippen molar-refractivity contribution < 1.29 is 9.53 Å². The second-order valence-corrected chi connectivity index (χ2v) is 10.1. The largest absolute Gasteiger partial charge is 0.384 e. The molecule has 1 saturated heterocycles. The van der Waals surface area contributed by atoms with Crippen LogP contribution in [-0.2, 0) is 16.1 Å². The number of hydrogen-bond acceptors (Lipinski definition) is 6. The maximum atomic E-state index is 12.6. The zero-order valence-electron chi connectivity index (χ0n) is 21.9. The highest BCUT2D eigenvalue weighted by Crippen LogP contribution is 2.46. The molecule has 2 aliphatic rings. The third-order valence-corrected chi connectivity index (χ3v) is 7.41. The lowest BCUT2D eigenvalue weighted by molar-refractivity contribution is -0.134. The molecule has 2 aromatic heterocycles. The van der Waals surface area contributed by atoms with Gasteiger partial charge in [-0.1, -0.05) is 30.3 Å². The van der Waals surface area contributed by atoms with E-state index >= 15 is 0 Å². The molecule has 1 atom stereocenters. The standard InChI is InChI=1S/C29H34N6O2/c1-20-17-33(12-13-35(20)26(36)11-14-37-3)29-25(15-30)21(2)27(28(32-29)23-9-10-23)24-16-31-34(19-24)18-22-7-5-4-6-8-22/h4-8,16,19-20,23H,9-14,17-18H2,1-3H3. The molecule has 0 spiro atoms. The Morgan fingerprint density at radius 2 is 2.00 bits per heavy atom. The molecule has 2 fully saturated rings. The third kappa shape index (κ3) is 5.23. The van der Waals surface area contributed by atoms with Crippen LogP contribution in [-0.4, -0.2) is 65.0 Å². The zero-order valence-corrected chi connectivity index (χ0v) is 21.9. The van der Waals surface area contributed by atoms with Crippen LogP contribution >= 0.6 is 0 Å². The normalized spacial score (nSPS) is 17.6. The van der Waals surface area contributed by atoms with E-state index in [4.69, 9.17) is 9.72 Å². The van der Waals surface area contributed by atoms with E-state index in [1.165, 1.54) is 5.56 Å². The Labute approximate surface area is 218 Å². The van der Waals surface area contributed by atoms with Gasteiger partial charge in [-0.25, -0.2) is 4.98 Å². The molecule has 3 aromatic rings. The number of ether oxygens (including phenoxy) is 1. The number of benzene rings is 1. The van der Waals surface area contributed by atoms with E-state index in [2.05, 4.69) is 41.3 Å². The molecule has 1 aliphatic heterocycles. The minimum Gasteiger partial charge on any atom is -0.384 e. The summed E-state index contributed by atoms with van der Waals surface area (Å²) in [7, 11) is 1.61. The van der Waals surface area contributed by atoms with E-state index in [1.54, 1.807) is 7.11 Å². The third-order valence-electron chi connectivity index (χ3n) is 7.41. The molecular weight excluding hydrogens is 464 g/mol. The Balaban J connectivity index is 1.44. The summed E-state index contributed by atoms with van der Waals surface area (Å²) in [6.07, 6.45) is 6.57. The number of piperazine rings is 1. The average molecular weight is 499 g/mol. The first kappa shape index (κ1) is 25.0. The lowest BCUT2D eigenvalue weighted by Gasteiger charge is -2.41. The fourth-order valence-electron chi connectivity index (χ4n) is 5.29. The van der Waals surface area contributed by atoms with Crippen molar-refractivity contribution in [3.05, 3.63) is 65.1 Å². The second kappa shape index (κ2) is 10.7. The second-order valence-electron chi connectivity index (χ2n) is 10.1. The SMILES string of the molecule is COCCC(=O)N1CCN(c2nc(C3CC3)c(-c3cnn(Cc4ccccc4)c3)c(C)c2C#N)CC1C. The van der Waals surface area contributed by atoms with Gasteiger partial charge in [0.15, 0.2) is 0 Å². The molecule has 1 aliphatic carbocycles. The molecule has 8 nitrogen and oxygen atoms in total. The summed E-state index contributed by atoms with van der Waals surface area (Å²) in [6, 6.07) is 12.8. The van der Waals surface area contributed by atoms with Gasteiger partial charge in [0.05, 0.1) is 37.0 Å². The van der Waals surface area contributed by atoms with Crippen molar-refractivity contribution in [2.24, 2.45) is 0 Å². The maximum Gasteiger partial charge on any atom is 0.225 e. The fraction of sp³-hybridized carbons (Fsp3) is 0.448. The summed E-state index contributed by atoms with van der Waals surface area (Å²) < 4.78 is 7.03. The van der Waals surface area contributed by atoms with Crippen molar-refractivity contribution >= 4 is 11.7 Å². The lowest BCUT2D eigenvalue weighted by atomic mass is 9.95. The van der Waals surface area contributed by atoms with Gasteiger partial charge >= 0.3 is 0 Å². The number of amides is 1. The molecule has 192 valence electrons. The first-order chi connectivity index (χ1) is 18.0. The predicted octanol–water partition coefficient (Wildman–Crippen LogP) is 4.12. The number of carbonyl (C=O) groups is 1. The number of rotatable bonds is 8. The Kier molecular flexibility index (Phi) is 7.24. The average Bonchev–Trinajstić information content (AvgIpc) is 3.66. The summed E-state index contributed by atoms with van der Waals surface area (Å²) >= 11 is 0. The van der Waals surface area contributed by atoms with Crippen molar-refractivity contribution in [2.45, 2.75) is 51.6 Å². The van der Waals surface area contributed by atoms with Crippen LogP contribution in [0.4, 0.5) is 5.82 Å². The summed E-state index contributed by atoms with van der Waals surface area (Å²) in [5, 5.41) is 14.9. The number of aromatic nitrogens is 3. The molecule has 0 N–H and O–H groups in total. The predicted molar refractivity (Wildman–Crippen MR) is 142 cm³/mol. The highest BCUT2D eigenvalue weighted by molar-refractivity contribution is 5.78. The van der Waals surface area contributed by atoms with Crippen LogP contribution < -0.4 is 4.90 Å². The number of carbonyl (C=O) groups excluding carboxylic acids is 1. The summed E-state index contributed by atoms with van der Waals surface area (Å²) in [5.74, 6) is 1.27. The number of hydrogen-bond donors (Lipinski definition) is 0. The Morgan fingerprint density at radius 3 is 2.68 bits per heavy atom. The van der Waals surface area contributed by atoms with Crippen LogP contribution in [0.2, 0.25) is 0 Å². The van der Waals surface area contributed by atoms with Gasteiger partial charge < -0.3 is 14.5 Å².